The minimum absolute atomic E-state index is 0.0398. The summed E-state index contributed by atoms with van der Waals surface area (Å²) >= 11 is 1.52. The molecule has 6 heteroatoms. The second-order valence-electron chi connectivity index (χ2n) is 5.81. The fourth-order valence-electron chi connectivity index (χ4n) is 2.77. The van der Waals surface area contributed by atoms with Gasteiger partial charge in [0.2, 0.25) is 0 Å². The average Bonchev–Trinajstić information content (AvgIpc) is 3.24. The van der Waals surface area contributed by atoms with Gasteiger partial charge in [-0.3, -0.25) is 4.79 Å². The summed E-state index contributed by atoms with van der Waals surface area (Å²) in [7, 11) is 0. The van der Waals surface area contributed by atoms with Crippen molar-refractivity contribution in [2.75, 3.05) is 13.1 Å². The molecule has 1 amide bonds. The molecule has 2 unspecified atom stereocenters. The quantitative estimate of drug-likeness (QED) is 0.914. The van der Waals surface area contributed by atoms with Crippen LogP contribution in [0.4, 0.5) is 0 Å². The zero-order valence-electron chi connectivity index (χ0n) is 13.0. The highest BCUT2D eigenvalue weighted by Gasteiger charge is 2.30. The van der Waals surface area contributed by atoms with Gasteiger partial charge in [0.25, 0.3) is 5.91 Å². The number of likely N-dealkylation sites (tertiary alicyclic amines) is 1. The Morgan fingerprint density at radius 1 is 1.52 bits per heavy atom. The van der Waals surface area contributed by atoms with Crippen molar-refractivity contribution in [2.24, 2.45) is 5.92 Å². The number of aliphatic hydroxyl groups is 1. The van der Waals surface area contributed by atoms with Crippen LogP contribution >= 0.6 is 11.3 Å². The van der Waals surface area contributed by atoms with E-state index >= 15 is 0 Å². The minimum atomic E-state index is -0.385. The Labute approximate surface area is 139 Å². The van der Waals surface area contributed by atoms with Crippen molar-refractivity contribution >= 4 is 17.2 Å². The van der Waals surface area contributed by atoms with Gasteiger partial charge in [-0.2, -0.15) is 0 Å². The van der Waals surface area contributed by atoms with Crippen LogP contribution in [-0.2, 0) is 6.61 Å². The van der Waals surface area contributed by atoms with Crippen molar-refractivity contribution in [1.82, 2.24) is 9.88 Å². The van der Waals surface area contributed by atoms with Gasteiger partial charge in [-0.05, 0) is 25.5 Å². The van der Waals surface area contributed by atoms with E-state index in [0.29, 0.717) is 31.0 Å². The van der Waals surface area contributed by atoms with Crippen molar-refractivity contribution in [3.05, 3.63) is 46.4 Å². The van der Waals surface area contributed by atoms with Gasteiger partial charge < -0.3 is 14.7 Å². The predicted octanol–water partition coefficient (Wildman–Crippen LogP) is 2.57. The second kappa shape index (κ2) is 7.10. The Bertz CT molecular complexity index is 658. The van der Waals surface area contributed by atoms with Crippen LogP contribution < -0.4 is 4.74 Å². The number of hydrogen-bond donors (Lipinski definition) is 1. The highest BCUT2D eigenvalue weighted by molar-refractivity contribution is 7.07. The van der Waals surface area contributed by atoms with Gasteiger partial charge >= 0.3 is 0 Å². The lowest BCUT2D eigenvalue weighted by molar-refractivity contribution is 0.0757. The first-order valence-electron chi connectivity index (χ1n) is 7.71. The summed E-state index contributed by atoms with van der Waals surface area (Å²) in [5.41, 5.74) is 3.18. The van der Waals surface area contributed by atoms with Crippen LogP contribution in [-0.4, -0.2) is 40.1 Å². The van der Waals surface area contributed by atoms with Crippen LogP contribution in [0.1, 0.15) is 29.4 Å². The standard InChI is InChI=1S/C17H20N2O3S/c1-12(20)13-6-7-19(8-13)17(21)15-4-2-3-5-16(15)22-9-14-10-23-11-18-14/h2-5,10-13,20H,6-9H2,1H3. The molecular formula is C17H20N2O3S. The maximum absolute atomic E-state index is 12.7. The zero-order valence-corrected chi connectivity index (χ0v) is 13.8. The number of carbonyl (C=O) groups excluding carboxylic acids is 1. The number of carbonyl (C=O) groups is 1. The van der Waals surface area contributed by atoms with Crippen LogP contribution in [0.15, 0.2) is 35.2 Å². The molecule has 5 nitrogen and oxygen atoms in total. The Morgan fingerprint density at radius 3 is 3.04 bits per heavy atom. The van der Waals surface area contributed by atoms with Gasteiger partial charge in [0.1, 0.15) is 12.4 Å². The van der Waals surface area contributed by atoms with E-state index in [1.165, 1.54) is 11.3 Å². The van der Waals surface area contributed by atoms with Crippen molar-refractivity contribution < 1.29 is 14.6 Å². The summed E-state index contributed by atoms with van der Waals surface area (Å²) in [6.07, 6.45) is 0.453. The molecule has 1 aromatic heterocycles. The smallest absolute Gasteiger partial charge is 0.257 e. The van der Waals surface area contributed by atoms with E-state index < -0.39 is 0 Å². The molecule has 122 valence electrons. The first kappa shape index (κ1) is 16.0. The number of aromatic nitrogens is 1. The maximum atomic E-state index is 12.7. The zero-order chi connectivity index (χ0) is 16.2. The van der Waals surface area contributed by atoms with Gasteiger partial charge in [0.05, 0.1) is 22.9 Å². The summed E-state index contributed by atoms with van der Waals surface area (Å²) in [5.74, 6) is 0.690. The largest absolute Gasteiger partial charge is 0.486 e. The number of thiazole rings is 1. The molecular weight excluding hydrogens is 312 g/mol. The molecule has 0 saturated carbocycles. The third kappa shape index (κ3) is 3.71. The molecule has 0 radical (unpaired) electrons. The van der Waals surface area contributed by atoms with Crippen molar-refractivity contribution in [2.45, 2.75) is 26.1 Å². The van der Waals surface area contributed by atoms with Gasteiger partial charge in [0, 0.05) is 24.4 Å². The predicted molar refractivity (Wildman–Crippen MR) is 88.6 cm³/mol. The van der Waals surface area contributed by atoms with E-state index in [9.17, 15) is 9.90 Å². The average molecular weight is 332 g/mol. The summed E-state index contributed by atoms with van der Waals surface area (Å²) in [6, 6.07) is 7.29. The molecule has 2 atom stereocenters. The van der Waals surface area contributed by atoms with Gasteiger partial charge in [-0.1, -0.05) is 12.1 Å². The second-order valence-corrected chi connectivity index (χ2v) is 6.52. The van der Waals surface area contributed by atoms with Gasteiger partial charge in [-0.25, -0.2) is 4.98 Å². The van der Waals surface area contributed by atoms with E-state index in [1.54, 1.807) is 23.4 Å². The fraction of sp³-hybridized carbons (Fsp3) is 0.412. The number of amides is 1. The van der Waals surface area contributed by atoms with Crippen molar-refractivity contribution in [1.29, 1.82) is 0 Å². The molecule has 0 bridgehead atoms. The number of rotatable bonds is 5. The lowest BCUT2D eigenvalue weighted by Crippen LogP contribution is -2.30. The Kier molecular flexibility index (Phi) is 4.93. The van der Waals surface area contributed by atoms with Crippen LogP contribution in [0.3, 0.4) is 0 Å². The van der Waals surface area contributed by atoms with E-state index in [1.807, 2.05) is 23.6 Å². The molecule has 1 saturated heterocycles. The lowest BCUT2D eigenvalue weighted by Gasteiger charge is -2.19. The number of ether oxygens (including phenoxy) is 1. The summed E-state index contributed by atoms with van der Waals surface area (Å²) in [5, 5.41) is 11.6. The number of para-hydroxylation sites is 1. The SMILES string of the molecule is CC(O)C1CCN(C(=O)c2ccccc2OCc2cscn2)C1. The topological polar surface area (TPSA) is 62.7 Å². The normalized spacial score (nSPS) is 18.9. The maximum Gasteiger partial charge on any atom is 0.257 e. The first-order valence-corrected chi connectivity index (χ1v) is 8.65. The minimum Gasteiger partial charge on any atom is -0.486 e. The molecule has 1 aromatic carbocycles. The van der Waals surface area contributed by atoms with Crippen LogP contribution in [0.2, 0.25) is 0 Å². The van der Waals surface area contributed by atoms with Crippen LogP contribution in [0.25, 0.3) is 0 Å². The number of hydrogen-bond acceptors (Lipinski definition) is 5. The van der Waals surface area contributed by atoms with Gasteiger partial charge in [0.15, 0.2) is 0 Å². The Morgan fingerprint density at radius 2 is 2.35 bits per heavy atom. The first-order chi connectivity index (χ1) is 11.1. The monoisotopic (exact) mass is 332 g/mol. The molecule has 0 aliphatic carbocycles. The fourth-order valence-corrected chi connectivity index (χ4v) is 3.31. The molecule has 1 N–H and O–H groups in total. The van der Waals surface area contributed by atoms with Crippen LogP contribution in [0.5, 0.6) is 5.75 Å². The van der Waals surface area contributed by atoms with Crippen molar-refractivity contribution in [3.8, 4) is 5.75 Å². The number of benzene rings is 1. The molecule has 2 heterocycles. The summed E-state index contributed by atoms with van der Waals surface area (Å²) in [4.78, 5) is 18.7. The lowest BCUT2D eigenvalue weighted by atomic mass is 10.0. The molecule has 1 aliphatic rings. The molecule has 0 spiro atoms. The molecule has 1 aliphatic heterocycles. The molecule has 23 heavy (non-hydrogen) atoms. The molecule has 1 fully saturated rings. The number of aliphatic hydroxyl groups excluding tert-OH is 1. The van der Waals surface area contributed by atoms with Crippen molar-refractivity contribution in [3.63, 3.8) is 0 Å². The highest BCUT2D eigenvalue weighted by atomic mass is 32.1. The van der Waals surface area contributed by atoms with E-state index in [0.717, 1.165) is 12.1 Å². The van der Waals surface area contributed by atoms with E-state index in [2.05, 4.69) is 4.98 Å². The molecule has 3 rings (SSSR count). The highest BCUT2D eigenvalue weighted by Crippen LogP contribution is 2.26. The van der Waals surface area contributed by atoms with E-state index in [-0.39, 0.29) is 17.9 Å². The molecule has 2 aromatic rings. The summed E-state index contributed by atoms with van der Waals surface area (Å²) < 4.78 is 5.78. The third-order valence-electron chi connectivity index (χ3n) is 4.17. The van der Waals surface area contributed by atoms with E-state index in [4.69, 9.17) is 4.74 Å². The Balaban J connectivity index is 1.71. The van der Waals surface area contributed by atoms with Crippen LogP contribution in [0, 0.1) is 5.92 Å². The summed E-state index contributed by atoms with van der Waals surface area (Å²) in [6.45, 7) is 3.40. The third-order valence-corrected chi connectivity index (χ3v) is 4.81. The van der Waals surface area contributed by atoms with Gasteiger partial charge in [-0.15, -0.1) is 11.3 Å². The number of nitrogens with zero attached hydrogens (tertiary/aromatic N) is 2. The Hall–Kier alpha value is -1.92.